The second-order valence-electron chi connectivity index (χ2n) is 7.73. The summed E-state index contributed by atoms with van der Waals surface area (Å²) >= 11 is 0. The Kier molecular flexibility index (Phi) is 5.43. The van der Waals surface area contributed by atoms with E-state index in [9.17, 15) is 13.2 Å². The van der Waals surface area contributed by atoms with Gasteiger partial charge in [-0.3, -0.25) is 4.79 Å². The third-order valence-corrected chi connectivity index (χ3v) is 6.53. The molecule has 0 aromatic heterocycles. The van der Waals surface area contributed by atoms with E-state index in [2.05, 4.69) is 19.2 Å². The number of nitrogens with one attached hydrogen (secondary N) is 1. The van der Waals surface area contributed by atoms with Crippen LogP contribution in [-0.2, 0) is 19.6 Å². The van der Waals surface area contributed by atoms with E-state index in [-0.39, 0.29) is 35.5 Å². The maximum Gasteiger partial charge on any atom is 0.223 e. The molecule has 1 saturated heterocycles. The highest BCUT2D eigenvalue weighted by atomic mass is 32.2. The number of hydrogen-bond donors (Lipinski definition) is 1. The quantitative estimate of drug-likeness (QED) is 0.816. The average molecular weight is 346 g/mol. The summed E-state index contributed by atoms with van der Waals surface area (Å²) in [5, 5.41) is 3.15. The molecular weight excluding hydrogens is 316 g/mol. The molecular formula is C16H30N2O4S. The molecule has 1 aliphatic heterocycles. The molecule has 2 rings (SSSR count). The summed E-state index contributed by atoms with van der Waals surface area (Å²) in [5.41, 5.74) is -0.0621. The summed E-state index contributed by atoms with van der Waals surface area (Å²) in [7, 11) is -3.14. The Bertz CT molecular complexity index is 536. The van der Waals surface area contributed by atoms with E-state index in [1.807, 2.05) is 13.8 Å². The lowest BCUT2D eigenvalue weighted by atomic mass is 9.64. The topological polar surface area (TPSA) is 75.7 Å². The molecule has 6 nitrogen and oxygen atoms in total. The first-order valence-corrected chi connectivity index (χ1v) is 10.3. The highest BCUT2D eigenvalue weighted by molar-refractivity contribution is 7.88. The second-order valence-corrected chi connectivity index (χ2v) is 9.71. The van der Waals surface area contributed by atoms with E-state index in [1.54, 1.807) is 0 Å². The number of carbonyl (C=O) groups is 1. The van der Waals surface area contributed by atoms with Gasteiger partial charge >= 0.3 is 0 Å². The van der Waals surface area contributed by atoms with Crippen molar-refractivity contribution in [3.8, 4) is 0 Å². The molecule has 134 valence electrons. The van der Waals surface area contributed by atoms with Gasteiger partial charge in [-0.05, 0) is 33.1 Å². The highest BCUT2D eigenvalue weighted by Crippen LogP contribution is 2.43. The van der Waals surface area contributed by atoms with Gasteiger partial charge in [0.25, 0.3) is 0 Å². The zero-order valence-electron chi connectivity index (χ0n) is 14.8. The Balaban J connectivity index is 1.83. The molecule has 1 heterocycles. The van der Waals surface area contributed by atoms with Crippen LogP contribution < -0.4 is 5.32 Å². The van der Waals surface area contributed by atoms with E-state index >= 15 is 0 Å². The van der Waals surface area contributed by atoms with Crippen LogP contribution in [0.15, 0.2) is 0 Å². The van der Waals surface area contributed by atoms with Crippen LogP contribution in [0, 0.1) is 11.3 Å². The van der Waals surface area contributed by atoms with E-state index in [4.69, 9.17) is 4.74 Å². The van der Waals surface area contributed by atoms with Crippen molar-refractivity contribution >= 4 is 15.9 Å². The maximum absolute atomic E-state index is 12.5. The summed E-state index contributed by atoms with van der Waals surface area (Å²) in [6, 6.07) is 0.131. The zero-order valence-corrected chi connectivity index (χ0v) is 15.6. The molecule has 0 radical (unpaired) electrons. The summed E-state index contributed by atoms with van der Waals surface area (Å²) in [5.74, 6) is -0.0342. The smallest absolute Gasteiger partial charge is 0.223 e. The molecule has 0 bridgehead atoms. The van der Waals surface area contributed by atoms with Gasteiger partial charge in [-0.25, -0.2) is 12.7 Å². The SMILES string of the molecule is CC(C)OC1CC(NC(=O)C2CCN(S(C)(=O)=O)CC2)C1(C)C. The van der Waals surface area contributed by atoms with Crippen LogP contribution in [-0.4, -0.2) is 56.2 Å². The first-order chi connectivity index (χ1) is 10.5. The Morgan fingerprint density at radius 2 is 1.83 bits per heavy atom. The van der Waals surface area contributed by atoms with Crippen molar-refractivity contribution in [2.24, 2.45) is 11.3 Å². The van der Waals surface area contributed by atoms with E-state index in [0.29, 0.717) is 25.9 Å². The minimum atomic E-state index is -3.14. The van der Waals surface area contributed by atoms with Gasteiger partial charge in [-0.2, -0.15) is 0 Å². The molecule has 1 saturated carbocycles. The van der Waals surface area contributed by atoms with E-state index < -0.39 is 10.0 Å². The standard InChI is InChI=1S/C16H30N2O4S/c1-11(2)22-14-10-13(16(14,3)4)17-15(19)12-6-8-18(9-7-12)23(5,20)21/h11-14H,6-10H2,1-5H3,(H,17,19). The second kappa shape index (κ2) is 6.69. The molecule has 2 fully saturated rings. The lowest BCUT2D eigenvalue weighted by Crippen LogP contribution is -2.63. The van der Waals surface area contributed by atoms with Crippen molar-refractivity contribution in [3.05, 3.63) is 0 Å². The van der Waals surface area contributed by atoms with Crippen molar-refractivity contribution < 1.29 is 17.9 Å². The number of hydrogen-bond acceptors (Lipinski definition) is 4. The highest BCUT2D eigenvalue weighted by Gasteiger charge is 2.50. The van der Waals surface area contributed by atoms with Crippen molar-refractivity contribution in [2.45, 2.75) is 65.2 Å². The Hall–Kier alpha value is -0.660. The Morgan fingerprint density at radius 1 is 1.26 bits per heavy atom. The van der Waals surface area contributed by atoms with Crippen molar-refractivity contribution in [2.75, 3.05) is 19.3 Å². The van der Waals surface area contributed by atoms with Crippen LogP contribution in [0.1, 0.15) is 47.0 Å². The van der Waals surface area contributed by atoms with Gasteiger partial charge < -0.3 is 10.1 Å². The number of ether oxygens (including phenoxy) is 1. The van der Waals surface area contributed by atoms with Crippen LogP contribution in [0.4, 0.5) is 0 Å². The Labute approximate surface area is 140 Å². The van der Waals surface area contributed by atoms with Crippen molar-refractivity contribution in [1.29, 1.82) is 0 Å². The summed E-state index contributed by atoms with van der Waals surface area (Å²) in [6.45, 7) is 9.17. The third kappa shape index (κ3) is 4.25. The monoisotopic (exact) mass is 346 g/mol. The molecule has 0 spiro atoms. The van der Waals surface area contributed by atoms with Gasteiger partial charge in [0.2, 0.25) is 15.9 Å². The van der Waals surface area contributed by atoms with Crippen LogP contribution in [0.3, 0.4) is 0 Å². The largest absolute Gasteiger partial charge is 0.375 e. The molecule has 1 aliphatic carbocycles. The molecule has 2 aliphatic rings. The molecule has 23 heavy (non-hydrogen) atoms. The fourth-order valence-electron chi connectivity index (χ4n) is 3.43. The van der Waals surface area contributed by atoms with Gasteiger partial charge in [-0.15, -0.1) is 0 Å². The number of carbonyl (C=O) groups excluding carboxylic acids is 1. The molecule has 7 heteroatoms. The fourth-order valence-corrected chi connectivity index (χ4v) is 4.30. The minimum absolute atomic E-state index is 0.0548. The first-order valence-electron chi connectivity index (χ1n) is 8.42. The zero-order chi connectivity index (χ0) is 17.4. The predicted octanol–water partition coefficient (Wildman–Crippen LogP) is 1.37. The fraction of sp³-hybridized carbons (Fsp3) is 0.938. The minimum Gasteiger partial charge on any atom is -0.375 e. The number of sulfonamides is 1. The van der Waals surface area contributed by atoms with Gasteiger partial charge in [-0.1, -0.05) is 13.8 Å². The molecule has 2 unspecified atom stereocenters. The summed E-state index contributed by atoms with van der Waals surface area (Å²) in [4.78, 5) is 12.5. The van der Waals surface area contributed by atoms with Gasteiger partial charge in [0.05, 0.1) is 18.5 Å². The van der Waals surface area contributed by atoms with E-state index in [0.717, 1.165) is 6.42 Å². The molecule has 2 atom stereocenters. The lowest BCUT2D eigenvalue weighted by molar-refractivity contribution is -0.150. The van der Waals surface area contributed by atoms with Crippen LogP contribution in [0.5, 0.6) is 0 Å². The molecule has 0 aromatic carbocycles. The van der Waals surface area contributed by atoms with E-state index in [1.165, 1.54) is 10.6 Å². The first kappa shape index (κ1) is 18.7. The van der Waals surface area contributed by atoms with Crippen LogP contribution in [0.2, 0.25) is 0 Å². The van der Waals surface area contributed by atoms with Gasteiger partial charge in [0.1, 0.15) is 0 Å². The normalized spacial score (nSPS) is 29.3. The molecule has 1 amide bonds. The van der Waals surface area contributed by atoms with Crippen LogP contribution >= 0.6 is 0 Å². The molecule has 1 N–H and O–H groups in total. The van der Waals surface area contributed by atoms with Gasteiger partial charge in [0, 0.05) is 30.5 Å². The Morgan fingerprint density at radius 3 is 2.26 bits per heavy atom. The lowest BCUT2D eigenvalue weighted by Gasteiger charge is -2.52. The number of rotatable bonds is 5. The summed E-state index contributed by atoms with van der Waals surface area (Å²) in [6.07, 6.45) is 3.63. The number of piperidine rings is 1. The third-order valence-electron chi connectivity index (χ3n) is 5.22. The summed E-state index contributed by atoms with van der Waals surface area (Å²) < 4.78 is 30.4. The van der Waals surface area contributed by atoms with Crippen molar-refractivity contribution in [1.82, 2.24) is 9.62 Å². The van der Waals surface area contributed by atoms with Crippen LogP contribution in [0.25, 0.3) is 0 Å². The molecule has 0 aromatic rings. The van der Waals surface area contributed by atoms with Gasteiger partial charge in [0.15, 0.2) is 0 Å². The predicted molar refractivity (Wildman–Crippen MR) is 89.5 cm³/mol. The average Bonchev–Trinajstić information content (AvgIpc) is 2.45. The van der Waals surface area contributed by atoms with Crippen molar-refractivity contribution in [3.63, 3.8) is 0 Å². The number of nitrogens with zero attached hydrogens (tertiary/aromatic N) is 1. The number of amides is 1. The maximum atomic E-state index is 12.5.